The SMILES string of the molecule is COc1ccc(CNC(=O)c2ccc(Nc3ccccc3Cl)nc2)cc1. The molecule has 0 spiro atoms. The monoisotopic (exact) mass is 367 g/mol. The van der Waals surface area contributed by atoms with Crippen molar-refractivity contribution in [1.82, 2.24) is 10.3 Å². The van der Waals surface area contributed by atoms with Gasteiger partial charge in [0.1, 0.15) is 11.6 Å². The third-order valence-corrected chi connectivity index (χ3v) is 4.10. The van der Waals surface area contributed by atoms with E-state index in [0.29, 0.717) is 22.9 Å². The predicted octanol–water partition coefficient (Wildman–Crippen LogP) is 4.42. The minimum absolute atomic E-state index is 0.183. The molecule has 3 rings (SSSR count). The molecule has 0 atom stereocenters. The Morgan fingerprint density at radius 3 is 2.50 bits per heavy atom. The molecule has 0 saturated heterocycles. The Morgan fingerprint density at radius 2 is 1.85 bits per heavy atom. The molecule has 0 radical (unpaired) electrons. The van der Waals surface area contributed by atoms with Crippen molar-refractivity contribution in [3.05, 3.63) is 83.0 Å². The standard InChI is InChI=1S/C20H18ClN3O2/c1-26-16-9-6-14(7-10-16)12-23-20(25)15-8-11-19(22-13-15)24-18-5-3-2-4-17(18)21/h2-11,13H,12H2,1H3,(H,22,24)(H,23,25). The van der Waals surface area contributed by atoms with Gasteiger partial charge in [-0.25, -0.2) is 4.98 Å². The number of pyridine rings is 1. The van der Waals surface area contributed by atoms with Crippen LogP contribution in [0.25, 0.3) is 0 Å². The van der Waals surface area contributed by atoms with E-state index in [9.17, 15) is 4.79 Å². The number of hydrogen-bond donors (Lipinski definition) is 2. The maximum atomic E-state index is 12.2. The summed E-state index contributed by atoms with van der Waals surface area (Å²) in [5.41, 5.74) is 2.24. The van der Waals surface area contributed by atoms with Gasteiger partial charge in [-0.15, -0.1) is 0 Å². The highest BCUT2D eigenvalue weighted by atomic mass is 35.5. The first-order chi connectivity index (χ1) is 12.7. The third kappa shape index (κ3) is 4.52. The van der Waals surface area contributed by atoms with Gasteiger partial charge in [0, 0.05) is 12.7 Å². The molecule has 0 aliphatic carbocycles. The van der Waals surface area contributed by atoms with E-state index in [4.69, 9.17) is 16.3 Å². The Hall–Kier alpha value is -3.05. The van der Waals surface area contributed by atoms with E-state index in [0.717, 1.165) is 17.0 Å². The van der Waals surface area contributed by atoms with Gasteiger partial charge in [-0.1, -0.05) is 35.9 Å². The van der Waals surface area contributed by atoms with Gasteiger partial charge in [-0.2, -0.15) is 0 Å². The number of ether oxygens (including phenoxy) is 1. The van der Waals surface area contributed by atoms with Gasteiger partial charge in [0.15, 0.2) is 0 Å². The molecule has 1 aromatic heterocycles. The summed E-state index contributed by atoms with van der Waals surface area (Å²) in [6.07, 6.45) is 1.53. The number of halogens is 1. The Bertz CT molecular complexity index is 880. The summed E-state index contributed by atoms with van der Waals surface area (Å²) in [4.78, 5) is 16.5. The zero-order valence-corrected chi connectivity index (χ0v) is 15.0. The van der Waals surface area contributed by atoms with Crippen LogP contribution in [0.3, 0.4) is 0 Å². The van der Waals surface area contributed by atoms with Crippen molar-refractivity contribution in [3.63, 3.8) is 0 Å². The van der Waals surface area contributed by atoms with Crippen LogP contribution in [0.5, 0.6) is 5.75 Å². The second-order valence-corrected chi connectivity index (χ2v) is 5.97. The largest absolute Gasteiger partial charge is 0.497 e. The normalized spacial score (nSPS) is 10.2. The highest BCUT2D eigenvalue weighted by Gasteiger charge is 2.07. The average molecular weight is 368 g/mol. The van der Waals surface area contributed by atoms with Gasteiger partial charge in [0.2, 0.25) is 0 Å². The average Bonchev–Trinajstić information content (AvgIpc) is 2.69. The van der Waals surface area contributed by atoms with Gasteiger partial charge >= 0.3 is 0 Å². The summed E-state index contributed by atoms with van der Waals surface area (Å²) in [5, 5.41) is 6.60. The maximum Gasteiger partial charge on any atom is 0.253 e. The number of carbonyl (C=O) groups excluding carboxylic acids is 1. The van der Waals surface area contributed by atoms with Crippen LogP contribution in [0, 0.1) is 0 Å². The lowest BCUT2D eigenvalue weighted by molar-refractivity contribution is 0.0950. The molecular weight excluding hydrogens is 350 g/mol. The van der Waals surface area contributed by atoms with Crippen LogP contribution in [0.1, 0.15) is 15.9 Å². The summed E-state index contributed by atoms with van der Waals surface area (Å²) < 4.78 is 5.12. The van der Waals surface area contributed by atoms with E-state index in [2.05, 4.69) is 15.6 Å². The van der Waals surface area contributed by atoms with Crippen molar-refractivity contribution in [2.24, 2.45) is 0 Å². The minimum Gasteiger partial charge on any atom is -0.497 e. The van der Waals surface area contributed by atoms with Crippen LogP contribution in [0.15, 0.2) is 66.9 Å². The van der Waals surface area contributed by atoms with E-state index >= 15 is 0 Å². The van der Waals surface area contributed by atoms with Crippen molar-refractivity contribution in [1.29, 1.82) is 0 Å². The fourth-order valence-corrected chi connectivity index (χ4v) is 2.51. The molecule has 3 aromatic rings. The fourth-order valence-electron chi connectivity index (χ4n) is 2.33. The number of aromatic nitrogens is 1. The van der Waals surface area contributed by atoms with Crippen molar-refractivity contribution >= 4 is 29.0 Å². The number of nitrogens with zero attached hydrogens (tertiary/aromatic N) is 1. The first kappa shape index (κ1) is 17.8. The zero-order valence-electron chi connectivity index (χ0n) is 14.2. The molecule has 5 nitrogen and oxygen atoms in total. The van der Waals surface area contributed by atoms with Crippen LogP contribution in [0.2, 0.25) is 5.02 Å². The number of hydrogen-bond acceptors (Lipinski definition) is 4. The molecule has 0 fully saturated rings. The lowest BCUT2D eigenvalue weighted by Gasteiger charge is -2.09. The van der Waals surface area contributed by atoms with E-state index < -0.39 is 0 Å². The quantitative estimate of drug-likeness (QED) is 0.677. The van der Waals surface area contributed by atoms with Crippen LogP contribution in [-0.2, 0) is 6.54 Å². The first-order valence-electron chi connectivity index (χ1n) is 8.04. The summed E-state index contributed by atoms with van der Waals surface area (Å²) in [7, 11) is 1.62. The molecule has 0 aliphatic heterocycles. The van der Waals surface area contributed by atoms with E-state index in [-0.39, 0.29) is 5.91 Å². The molecular formula is C20H18ClN3O2. The van der Waals surface area contributed by atoms with Gasteiger partial charge in [-0.05, 0) is 42.0 Å². The van der Waals surface area contributed by atoms with Gasteiger partial charge in [0.25, 0.3) is 5.91 Å². The Morgan fingerprint density at radius 1 is 1.08 bits per heavy atom. The van der Waals surface area contributed by atoms with Crippen molar-refractivity contribution in [2.75, 3.05) is 12.4 Å². The topological polar surface area (TPSA) is 63.2 Å². The van der Waals surface area contributed by atoms with Gasteiger partial charge in [-0.3, -0.25) is 4.79 Å². The third-order valence-electron chi connectivity index (χ3n) is 3.77. The van der Waals surface area contributed by atoms with Crippen LogP contribution in [0.4, 0.5) is 11.5 Å². The second-order valence-electron chi connectivity index (χ2n) is 5.57. The Balaban J connectivity index is 1.58. The van der Waals surface area contributed by atoms with E-state index in [1.54, 1.807) is 25.3 Å². The summed E-state index contributed by atoms with van der Waals surface area (Å²) >= 11 is 6.11. The highest BCUT2D eigenvalue weighted by molar-refractivity contribution is 6.33. The van der Waals surface area contributed by atoms with Crippen LogP contribution in [-0.4, -0.2) is 18.0 Å². The number of benzene rings is 2. The molecule has 1 heterocycles. The first-order valence-corrected chi connectivity index (χ1v) is 8.42. The Labute approximate surface area is 157 Å². The molecule has 2 N–H and O–H groups in total. The summed E-state index contributed by atoms with van der Waals surface area (Å²) in [6.45, 7) is 0.433. The molecule has 0 bridgehead atoms. The molecule has 26 heavy (non-hydrogen) atoms. The minimum atomic E-state index is -0.183. The zero-order chi connectivity index (χ0) is 18.4. The predicted molar refractivity (Wildman–Crippen MR) is 103 cm³/mol. The second kappa shape index (κ2) is 8.36. The molecule has 0 aliphatic rings. The van der Waals surface area contributed by atoms with Gasteiger partial charge in [0.05, 0.1) is 23.4 Å². The maximum absolute atomic E-state index is 12.2. The highest BCUT2D eigenvalue weighted by Crippen LogP contribution is 2.23. The lowest BCUT2D eigenvalue weighted by atomic mass is 10.2. The van der Waals surface area contributed by atoms with E-state index in [1.165, 1.54) is 6.20 Å². The van der Waals surface area contributed by atoms with Crippen molar-refractivity contribution in [3.8, 4) is 5.75 Å². The number of rotatable bonds is 6. The van der Waals surface area contributed by atoms with Crippen molar-refractivity contribution < 1.29 is 9.53 Å². The fraction of sp³-hybridized carbons (Fsp3) is 0.100. The van der Waals surface area contributed by atoms with Gasteiger partial charge < -0.3 is 15.4 Å². The van der Waals surface area contributed by atoms with E-state index in [1.807, 2.05) is 42.5 Å². The molecule has 0 saturated carbocycles. The number of anilines is 2. The summed E-state index contributed by atoms with van der Waals surface area (Å²) in [6, 6.07) is 18.4. The number of amides is 1. The molecule has 0 unspecified atom stereocenters. The molecule has 2 aromatic carbocycles. The molecule has 6 heteroatoms. The number of methoxy groups -OCH3 is 1. The number of para-hydroxylation sites is 1. The number of nitrogens with one attached hydrogen (secondary N) is 2. The molecule has 132 valence electrons. The van der Waals surface area contributed by atoms with Crippen LogP contribution >= 0.6 is 11.6 Å². The van der Waals surface area contributed by atoms with Crippen molar-refractivity contribution in [2.45, 2.75) is 6.54 Å². The Kier molecular flexibility index (Phi) is 5.71. The molecule has 1 amide bonds. The smallest absolute Gasteiger partial charge is 0.253 e. The lowest BCUT2D eigenvalue weighted by Crippen LogP contribution is -2.22. The summed E-state index contributed by atoms with van der Waals surface area (Å²) in [5.74, 6) is 1.22. The van der Waals surface area contributed by atoms with Crippen LogP contribution < -0.4 is 15.4 Å². The number of carbonyl (C=O) groups is 1.